The first kappa shape index (κ1) is 15.3. The van der Waals surface area contributed by atoms with Crippen LogP contribution in [0.4, 0.5) is 0 Å². The molecule has 3 aromatic heterocycles. The smallest absolute Gasteiger partial charge is 0.180 e. The molecule has 0 atom stereocenters. The van der Waals surface area contributed by atoms with Gasteiger partial charge in [-0.2, -0.15) is 0 Å². The van der Waals surface area contributed by atoms with Crippen molar-refractivity contribution >= 4 is 33.7 Å². The Balaban J connectivity index is 1.53. The van der Waals surface area contributed by atoms with Crippen molar-refractivity contribution in [3.8, 4) is 43.9 Å². The summed E-state index contributed by atoms with van der Waals surface area (Å²) in [5.74, 6) is 3.06. The van der Waals surface area contributed by atoms with E-state index in [-0.39, 0.29) is 0 Å². The lowest BCUT2D eigenvalue weighted by Gasteiger charge is -2.17. The van der Waals surface area contributed by atoms with Crippen LogP contribution in [0, 0.1) is 0 Å². The maximum atomic E-state index is 5.82. The van der Waals surface area contributed by atoms with Crippen LogP contribution in [0.25, 0.3) is 31.9 Å². The van der Waals surface area contributed by atoms with Crippen molar-refractivity contribution in [3.05, 3.63) is 22.9 Å². The van der Waals surface area contributed by atoms with Crippen molar-refractivity contribution in [1.82, 2.24) is 10.3 Å². The van der Waals surface area contributed by atoms with Gasteiger partial charge in [0.15, 0.2) is 23.0 Å². The number of nitrogens with zero attached hydrogens (tertiary/aromatic N) is 2. The number of hydrogen-bond donors (Lipinski definition) is 0. The molecule has 9 heteroatoms. The Morgan fingerprint density at radius 1 is 0.667 bits per heavy atom. The topological polar surface area (TPSA) is 75.8 Å². The summed E-state index contributed by atoms with van der Waals surface area (Å²) in [7, 11) is 0. The number of thiophene rings is 2. The van der Waals surface area contributed by atoms with Crippen molar-refractivity contribution < 1.29 is 23.6 Å². The van der Waals surface area contributed by atoms with Crippen molar-refractivity contribution in [1.29, 1.82) is 0 Å². The number of benzene rings is 1. The third-order valence-corrected chi connectivity index (χ3v) is 6.45. The molecule has 0 aliphatic carbocycles. The van der Waals surface area contributed by atoms with Crippen LogP contribution in [-0.4, -0.2) is 36.7 Å². The van der Waals surface area contributed by atoms with Gasteiger partial charge >= 0.3 is 0 Å². The highest BCUT2D eigenvalue weighted by Crippen LogP contribution is 2.50. The molecular formula is C18H12N2O5S2. The van der Waals surface area contributed by atoms with Gasteiger partial charge in [-0.25, -0.2) is 4.63 Å². The van der Waals surface area contributed by atoms with Crippen LogP contribution in [0.5, 0.6) is 23.0 Å². The Kier molecular flexibility index (Phi) is 3.32. The molecule has 0 amide bonds. The molecule has 0 spiro atoms. The number of hydrogen-bond acceptors (Lipinski definition) is 9. The van der Waals surface area contributed by atoms with Gasteiger partial charge in [0.2, 0.25) is 0 Å². The van der Waals surface area contributed by atoms with Gasteiger partial charge in [-0.05, 0) is 10.3 Å². The molecule has 0 radical (unpaired) electrons. The van der Waals surface area contributed by atoms with E-state index in [9.17, 15) is 0 Å². The molecule has 0 bridgehead atoms. The van der Waals surface area contributed by atoms with E-state index in [4.69, 9.17) is 23.6 Å². The van der Waals surface area contributed by atoms with Gasteiger partial charge in [0.05, 0.1) is 9.75 Å². The minimum atomic E-state index is 0.535. The van der Waals surface area contributed by atoms with E-state index in [0.717, 1.165) is 43.9 Å². The number of rotatable bonds is 2. The van der Waals surface area contributed by atoms with E-state index in [1.807, 2.05) is 22.9 Å². The van der Waals surface area contributed by atoms with Gasteiger partial charge in [0.1, 0.15) is 37.5 Å². The van der Waals surface area contributed by atoms with Crippen LogP contribution in [0.15, 0.2) is 27.5 Å². The van der Waals surface area contributed by atoms with Crippen LogP contribution in [0.1, 0.15) is 0 Å². The zero-order chi connectivity index (χ0) is 17.8. The quantitative estimate of drug-likeness (QED) is 0.499. The summed E-state index contributed by atoms with van der Waals surface area (Å²) in [6, 6.07) is 4.03. The van der Waals surface area contributed by atoms with Crippen molar-refractivity contribution in [3.63, 3.8) is 0 Å². The predicted molar refractivity (Wildman–Crippen MR) is 100 cm³/mol. The van der Waals surface area contributed by atoms with Crippen molar-refractivity contribution in [2.75, 3.05) is 26.4 Å². The van der Waals surface area contributed by atoms with E-state index in [1.54, 1.807) is 22.7 Å². The first-order valence-electron chi connectivity index (χ1n) is 8.40. The summed E-state index contributed by atoms with van der Waals surface area (Å²) in [5, 5.41) is 12.2. The lowest BCUT2D eigenvalue weighted by atomic mass is 10.0. The Bertz CT molecular complexity index is 1070. The molecule has 1 aromatic carbocycles. The number of ether oxygens (including phenoxy) is 4. The zero-order valence-electron chi connectivity index (χ0n) is 13.9. The monoisotopic (exact) mass is 400 g/mol. The van der Waals surface area contributed by atoms with Gasteiger partial charge in [0, 0.05) is 21.9 Å². The van der Waals surface area contributed by atoms with E-state index in [0.29, 0.717) is 37.5 Å². The highest BCUT2D eigenvalue weighted by Gasteiger charge is 2.26. The van der Waals surface area contributed by atoms with Crippen LogP contribution >= 0.6 is 22.7 Å². The molecule has 0 N–H and O–H groups in total. The third-order valence-electron chi connectivity index (χ3n) is 4.51. The summed E-state index contributed by atoms with van der Waals surface area (Å²) in [5.41, 5.74) is 3.19. The molecule has 0 saturated carbocycles. The molecule has 0 saturated heterocycles. The maximum Gasteiger partial charge on any atom is 0.180 e. The third kappa shape index (κ3) is 2.25. The Morgan fingerprint density at radius 2 is 1.15 bits per heavy atom. The normalized spacial score (nSPS) is 15.3. The molecule has 5 heterocycles. The molecule has 6 rings (SSSR count). The molecule has 0 unspecified atom stereocenters. The predicted octanol–water partition coefficient (Wildman–Crippen LogP) is 4.22. The fourth-order valence-corrected chi connectivity index (χ4v) is 5.25. The molecule has 2 aliphatic heterocycles. The fraction of sp³-hybridized carbons (Fsp3) is 0.222. The minimum absolute atomic E-state index is 0.535. The number of fused-ring (bicyclic) bond motifs is 3. The molecule has 4 aromatic rings. The second-order valence-corrected chi connectivity index (χ2v) is 7.79. The van der Waals surface area contributed by atoms with E-state index in [1.165, 1.54) is 0 Å². The Morgan fingerprint density at radius 3 is 1.67 bits per heavy atom. The second kappa shape index (κ2) is 5.86. The highest BCUT2D eigenvalue weighted by atomic mass is 32.1. The van der Waals surface area contributed by atoms with Crippen LogP contribution in [0.2, 0.25) is 0 Å². The average molecular weight is 400 g/mol. The first-order chi connectivity index (χ1) is 13.4. The van der Waals surface area contributed by atoms with Gasteiger partial charge < -0.3 is 18.9 Å². The van der Waals surface area contributed by atoms with Gasteiger partial charge in [-0.1, -0.05) is 12.1 Å². The summed E-state index contributed by atoms with van der Waals surface area (Å²) in [6.07, 6.45) is 0. The maximum absolute atomic E-state index is 5.82. The van der Waals surface area contributed by atoms with Crippen LogP contribution in [0.3, 0.4) is 0 Å². The van der Waals surface area contributed by atoms with Crippen molar-refractivity contribution in [2.24, 2.45) is 0 Å². The van der Waals surface area contributed by atoms with Gasteiger partial charge in [0.25, 0.3) is 0 Å². The summed E-state index contributed by atoms with van der Waals surface area (Å²) in [6.45, 7) is 2.20. The summed E-state index contributed by atoms with van der Waals surface area (Å²) < 4.78 is 28.1. The lowest BCUT2D eigenvalue weighted by Crippen LogP contribution is -2.14. The molecule has 136 valence electrons. The Hall–Kier alpha value is -2.78. The molecule has 7 nitrogen and oxygen atoms in total. The molecule has 0 fully saturated rings. The number of aromatic nitrogens is 2. The van der Waals surface area contributed by atoms with Gasteiger partial charge in [-0.15, -0.1) is 22.7 Å². The average Bonchev–Trinajstić information content (AvgIpc) is 3.45. The summed E-state index contributed by atoms with van der Waals surface area (Å²) >= 11 is 3.12. The minimum Gasteiger partial charge on any atom is -0.485 e. The Labute approximate surface area is 161 Å². The van der Waals surface area contributed by atoms with E-state index in [2.05, 4.69) is 10.3 Å². The fourth-order valence-electron chi connectivity index (χ4n) is 3.33. The van der Waals surface area contributed by atoms with Crippen molar-refractivity contribution in [2.45, 2.75) is 0 Å². The lowest BCUT2D eigenvalue weighted by molar-refractivity contribution is 0.174. The van der Waals surface area contributed by atoms with E-state index >= 15 is 0 Å². The first-order valence-corrected chi connectivity index (χ1v) is 10.2. The highest BCUT2D eigenvalue weighted by molar-refractivity contribution is 7.15. The largest absolute Gasteiger partial charge is 0.485 e. The van der Waals surface area contributed by atoms with Crippen LogP contribution < -0.4 is 18.9 Å². The zero-order valence-corrected chi connectivity index (χ0v) is 15.5. The molecule has 27 heavy (non-hydrogen) atoms. The van der Waals surface area contributed by atoms with Gasteiger partial charge in [-0.3, -0.25) is 0 Å². The van der Waals surface area contributed by atoms with Crippen LogP contribution in [-0.2, 0) is 0 Å². The standard InChI is InChI=1S/C18H12N2O5S2/c1-2-10(18-16-12(8-27-18)22-4-6-24-16)14-13(19-25-20-14)9(1)17-15-11(7-26-17)21-3-5-23-15/h1-2,7-8H,3-6H2. The SMILES string of the molecule is c1sc(-c2ccc(-c3scc4c3OCCO4)c3nonc23)c2c1OCCO2. The van der Waals surface area contributed by atoms with E-state index < -0.39 is 0 Å². The summed E-state index contributed by atoms with van der Waals surface area (Å²) in [4.78, 5) is 1.93. The second-order valence-electron chi connectivity index (χ2n) is 6.03. The molecular weight excluding hydrogens is 388 g/mol. The molecule has 2 aliphatic rings.